The number of benzene rings is 1. The number of nitrogens with zero attached hydrogens (tertiary/aromatic N) is 1. The first kappa shape index (κ1) is 15.2. The van der Waals surface area contributed by atoms with Gasteiger partial charge in [-0.15, -0.1) is 11.6 Å². The maximum Gasteiger partial charge on any atom is 0.119 e. The van der Waals surface area contributed by atoms with Crippen molar-refractivity contribution in [3.05, 3.63) is 29.8 Å². The van der Waals surface area contributed by atoms with Gasteiger partial charge in [0, 0.05) is 37.5 Å². The van der Waals surface area contributed by atoms with Gasteiger partial charge in [0.25, 0.3) is 0 Å². The Hall–Kier alpha value is -1.21. The van der Waals surface area contributed by atoms with Crippen LogP contribution in [0.15, 0.2) is 24.3 Å². The molecule has 1 aromatic carbocycles. The minimum Gasteiger partial charge on any atom is -0.492 e. The monoisotopic (exact) mass is 293 g/mol. The molecule has 1 heterocycles. The van der Waals surface area contributed by atoms with Crippen molar-refractivity contribution < 1.29 is 9.47 Å². The zero-order chi connectivity index (χ0) is 14.0. The van der Waals surface area contributed by atoms with Gasteiger partial charge in [-0.05, 0) is 24.3 Å². The normalized spacial score (nSPS) is 15.4. The van der Waals surface area contributed by atoms with Crippen LogP contribution in [-0.2, 0) is 4.74 Å². The van der Waals surface area contributed by atoms with E-state index in [9.17, 15) is 0 Å². The molecule has 0 radical (unpaired) electrons. The van der Waals surface area contributed by atoms with Crippen molar-refractivity contribution in [1.29, 1.82) is 0 Å². The quantitative estimate of drug-likeness (QED) is 0.615. The lowest BCUT2D eigenvalue weighted by Gasteiger charge is -2.26. The Morgan fingerprint density at radius 2 is 1.95 bits per heavy atom. The number of alkyl halides is 1. The Labute approximate surface area is 125 Å². The number of hydrogen-bond donors (Lipinski definition) is 0. The van der Waals surface area contributed by atoms with E-state index in [1.165, 1.54) is 0 Å². The summed E-state index contributed by atoms with van der Waals surface area (Å²) in [5, 5.41) is 0. The Morgan fingerprint density at radius 3 is 2.65 bits per heavy atom. The summed E-state index contributed by atoms with van der Waals surface area (Å²) < 4.78 is 11.1. The fourth-order valence-corrected chi connectivity index (χ4v) is 2.06. The summed E-state index contributed by atoms with van der Waals surface area (Å²) in [5.74, 6) is 7.55. The first-order chi connectivity index (χ1) is 9.88. The molecule has 0 aliphatic carbocycles. The van der Waals surface area contributed by atoms with Crippen LogP contribution in [0.1, 0.15) is 12.0 Å². The third-order valence-electron chi connectivity index (χ3n) is 3.09. The van der Waals surface area contributed by atoms with E-state index in [-0.39, 0.29) is 0 Å². The Bertz CT molecular complexity index is 444. The fraction of sp³-hybridized carbons (Fsp3) is 0.500. The largest absolute Gasteiger partial charge is 0.492 e. The van der Waals surface area contributed by atoms with Crippen molar-refractivity contribution in [3.63, 3.8) is 0 Å². The van der Waals surface area contributed by atoms with Gasteiger partial charge in [0.2, 0.25) is 0 Å². The van der Waals surface area contributed by atoms with Crippen LogP contribution in [0.4, 0.5) is 0 Å². The van der Waals surface area contributed by atoms with Gasteiger partial charge in [-0.25, -0.2) is 0 Å². The predicted octanol–water partition coefficient (Wildman–Crippen LogP) is 2.38. The number of halogens is 1. The molecule has 1 aliphatic rings. The standard InChI is InChI=1S/C16H20ClNO2/c17-8-2-1-3-15-4-6-16(7-5-15)20-14-11-18-9-12-19-13-10-18/h4-7H,2,8-14H2. The molecule has 0 atom stereocenters. The van der Waals surface area contributed by atoms with Crippen LogP contribution in [0, 0.1) is 11.8 Å². The molecule has 0 saturated carbocycles. The smallest absolute Gasteiger partial charge is 0.119 e. The lowest BCUT2D eigenvalue weighted by molar-refractivity contribution is 0.0322. The second-order valence-corrected chi connectivity index (χ2v) is 4.95. The summed E-state index contributed by atoms with van der Waals surface area (Å²) in [4.78, 5) is 2.36. The molecule has 0 amide bonds. The maximum atomic E-state index is 5.74. The van der Waals surface area contributed by atoms with E-state index in [1.54, 1.807) is 0 Å². The summed E-state index contributed by atoms with van der Waals surface area (Å²) in [7, 11) is 0. The van der Waals surface area contributed by atoms with E-state index >= 15 is 0 Å². The molecular formula is C16H20ClNO2. The van der Waals surface area contributed by atoms with Crippen molar-refractivity contribution in [2.45, 2.75) is 6.42 Å². The van der Waals surface area contributed by atoms with Crippen LogP contribution >= 0.6 is 11.6 Å². The molecule has 1 aliphatic heterocycles. The molecule has 0 spiro atoms. The summed E-state index contributed by atoms with van der Waals surface area (Å²) in [6.07, 6.45) is 0.722. The number of rotatable bonds is 5. The zero-order valence-electron chi connectivity index (χ0n) is 11.6. The van der Waals surface area contributed by atoms with Gasteiger partial charge in [0.15, 0.2) is 0 Å². The first-order valence-electron chi connectivity index (χ1n) is 6.96. The molecular weight excluding hydrogens is 274 g/mol. The molecule has 3 nitrogen and oxygen atoms in total. The summed E-state index contributed by atoms with van der Waals surface area (Å²) in [6, 6.07) is 7.88. The SMILES string of the molecule is ClCCC#Cc1ccc(OCCN2CCOCC2)cc1. The molecule has 108 valence electrons. The van der Waals surface area contributed by atoms with Crippen LogP contribution in [0.3, 0.4) is 0 Å². The number of hydrogen-bond acceptors (Lipinski definition) is 3. The highest BCUT2D eigenvalue weighted by atomic mass is 35.5. The topological polar surface area (TPSA) is 21.7 Å². The molecule has 1 saturated heterocycles. The van der Waals surface area contributed by atoms with Crippen LogP contribution in [0.25, 0.3) is 0 Å². The molecule has 0 aromatic heterocycles. The lowest BCUT2D eigenvalue weighted by atomic mass is 10.2. The Kier molecular flexibility index (Phi) is 6.73. The van der Waals surface area contributed by atoms with Crippen molar-refractivity contribution in [3.8, 4) is 17.6 Å². The molecule has 1 fully saturated rings. The van der Waals surface area contributed by atoms with Gasteiger partial charge >= 0.3 is 0 Å². The van der Waals surface area contributed by atoms with E-state index in [0.29, 0.717) is 12.5 Å². The number of morpholine rings is 1. The van der Waals surface area contributed by atoms with Crippen molar-refractivity contribution in [1.82, 2.24) is 4.90 Å². The highest BCUT2D eigenvalue weighted by Crippen LogP contribution is 2.11. The van der Waals surface area contributed by atoms with E-state index in [1.807, 2.05) is 24.3 Å². The van der Waals surface area contributed by atoms with Crippen LogP contribution in [0.5, 0.6) is 5.75 Å². The lowest BCUT2D eigenvalue weighted by Crippen LogP contribution is -2.38. The van der Waals surface area contributed by atoms with Gasteiger partial charge in [0.05, 0.1) is 13.2 Å². The highest BCUT2D eigenvalue weighted by molar-refractivity contribution is 6.18. The van der Waals surface area contributed by atoms with Gasteiger partial charge in [-0.3, -0.25) is 4.90 Å². The molecule has 4 heteroatoms. The van der Waals surface area contributed by atoms with Gasteiger partial charge in [-0.2, -0.15) is 0 Å². The third kappa shape index (κ3) is 5.42. The number of ether oxygens (including phenoxy) is 2. The van der Waals surface area contributed by atoms with Crippen molar-refractivity contribution in [2.75, 3.05) is 45.3 Å². The predicted molar refractivity (Wildman–Crippen MR) is 81.4 cm³/mol. The fourth-order valence-electron chi connectivity index (χ4n) is 1.96. The van der Waals surface area contributed by atoms with E-state index in [0.717, 1.165) is 50.6 Å². The first-order valence-corrected chi connectivity index (χ1v) is 7.50. The van der Waals surface area contributed by atoms with Crippen LogP contribution in [-0.4, -0.2) is 50.2 Å². The summed E-state index contributed by atoms with van der Waals surface area (Å²) >= 11 is 5.58. The van der Waals surface area contributed by atoms with E-state index in [4.69, 9.17) is 21.1 Å². The summed E-state index contributed by atoms with van der Waals surface area (Å²) in [6.45, 7) is 5.31. The molecule has 20 heavy (non-hydrogen) atoms. The second kappa shape index (κ2) is 8.86. The van der Waals surface area contributed by atoms with Gasteiger partial charge < -0.3 is 9.47 Å². The average Bonchev–Trinajstić information content (AvgIpc) is 2.50. The van der Waals surface area contributed by atoms with Gasteiger partial charge in [-0.1, -0.05) is 11.8 Å². The molecule has 1 aromatic rings. The van der Waals surface area contributed by atoms with Crippen LogP contribution in [0.2, 0.25) is 0 Å². The Morgan fingerprint density at radius 1 is 1.20 bits per heavy atom. The molecule has 2 rings (SSSR count). The van der Waals surface area contributed by atoms with Gasteiger partial charge in [0.1, 0.15) is 12.4 Å². The average molecular weight is 294 g/mol. The van der Waals surface area contributed by atoms with Crippen molar-refractivity contribution >= 4 is 11.6 Å². The minimum atomic E-state index is 0.579. The highest BCUT2D eigenvalue weighted by Gasteiger charge is 2.09. The van der Waals surface area contributed by atoms with Crippen molar-refractivity contribution in [2.24, 2.45) is 0 Å². The van der Waals surface area contributed by atoms with E-state index in [2.05, 4.69) is 16.7 Å². The third-order valence-corrected chi connectivity index (χ3v) is 3.28. The molecule has 0 unspecified atom stereocenters. The molecule has 0 N–H and O–H groups in total. The molecule has 0 bridgehead atoms. The maximum absolute atomic E-state index is 5.74. The minimum absolute atomic E-state index is 0.579. The van der Waals surface area contributed by atoms with E-state index < -0.39 is 0 Å². The zero-order valence-corrected chi connectivity index (χ0v) is 12.4. The van der Waals surface area contributed by atoms with Crippen LogP contribution < -0.4 is 4.74 Å². The summed E-state index contributed by atoms with van der Waals surface area (Å²) in [5.41, 5.74) is 0.996. The second-order valence-electron chi connectivity index (χ2n) is 4.57. The Balaban J connectivity index is 1.72.